The first-order valence-corrected chi connectivity index (χ1v) is 6.49. The van der Waals surface area contributed by atoms with E-state index in [0.717, 1.165) is 19.3 Å². The number of hydrogen-bond acceptors (Lipinski definition) is 2. The molecular weight excluding hydrogens is 186 g/mol. The van der Waals surface area contributed by atoms with E-state index in [1.807, 2.05) is 0 Å². The number of ketones is 1. The van der Waals surface area contributed by atoms with Crippen LogP contribution < -0.4 is 5.73 Å². The van der Waals surface area contributed by atoms with Crippen molar-refractivity contribution in [2.24, 2.45) is 17.1 Å². The van der Waals surface area contributed by atoms with Gasteiger partial charge in [0.2, 0.25) is 0 Å². The fourth-order valence-corrected chi connectivity index (χ4v) is 3.00. The summed E-state index contributed by atoms with van der Waals surface area (Å²) in [4.78, 5) is 12.0. The van der Waals surface area contributed by atoms with E-state index in [1.165, 1.54) is 38.5 Å². The monoisotopic (exact) mass is 209 g/mol. The Balaban J connectivity index is 1.90. The second-order valence-corrected chi connectivity index (χ2v) is 5.54. The number of hydrogen-bond donors (Lipinski definition) is 1. The zero-order valence-electron chi connectivity index (χ0n) is 9.63. The molecule has 0 aromatic rings. The van der Waals surface area contributed by atoms with Gasteiger partial charge in [-0.3, -0.25) is 4.79 Å². The van der Waals surface area contributed by atoms with Crippen LogP contribution in [0.4, 0.5) is 0 Å². The van der Waals surface area contributed by atoms with Crippen molar-refractivity contribution in [1.29, 1.82) is 0 Å². The third kappa shape index (κ3) is 2.41. The summed E-state index contributed by atoms with van der Waals surface area (Å²) in [6.07, 6.45) is 10.5. The molecule has 2 rings (SSSR count). The molecule has 0 aromatic heterocycles. The standard InChI is InChI=1S/C13H23NO/c14-10-13(7-2-1-3-8-13)9-12(15)11-5-4-6-11/h11H,1-10,14H2. The molecule has 0 amide bonds. The van der Waals surface area contributed by atoms with Crippen molar-refractivity contribution < 1.29 is 4.79 Å². The van der Waals surface area contributed by atoms with Crippen LogP contribution in [0.3, 0.4) is 0 Å². The van der Waals surface area contributed by atoms with Gasteiger partial charge in [0, 0.05) is 12.3 Å². The molecule has 2 aliphatic rings. The smallest absolute Gasteiger partial charge is 0.136 e. The fourth-order valence-electron chi connectivity index (χ4n) is 3.00. The van der Waals surface area contributed by atoms with Gasteiger partial charge in [-0.15, -0.1) is 0 Å². The molecule has 0 unspecified atom stereocenters. The lowest BCUT2D eigenvalue weighted by Crippen LogP contribution is -2.37. The molecule has 2 N–H and O–H groups in total. The Hall–Kier alpha value is -0.370. The number of carbonyl (C=O) groups is 1. The quantitative estimate of drug-likeness (QED) is 0.773. The summed E-state index contributed by atoms with van der Waals surface area (Å²) in [5.41, 5.74) is 6.08. The Morgan fingerprint density at radius 1 is 1.13 bits per heavy atom. The van der Waals surface area contributed by atoms with Crippen LogP contribution in [0.5, 0.6) is 0 Å². The van der Waals surface area contributed by atoms with Crippen LogP contribution in [0.15, 0.2) is 0 Å². The summed E-state index contributed by atoms with van der Waals surface area (Å²) in [6.45, 7) is 0.714. The van der Waals surface area contributed by atoms with Gasteiger partial charge in [0.05, 0.1) is 0 Å². The number of rotatable bonds is 4. The minimum Gasteiger partial charge on any atom is -0.330 e. The first kappa shape index (κ1) is 11.1. The van der Waals surface area contributed by atoms with E-state index in [2.05, 4.69) is 0 Å². The Morgan fingerprint density at radius 2 is 1.80 bits per heavy atom. The number of Topliss-reactive ketones (excluding diaryl/α,β-unsaturated/α-hetero) is 1. The first-order valence-electron chi connectivity index (χ1n) is 6.49. The molecule has 0 aromatic carbocycles. The highest BCUT2D eigenvalue weighted by molar-refractivity contribution is 5.82. The Kier molecular flexibility index (Phi) is 3.45. The molecule has 0 saturated heterocycles. The maximum atomic E-state index is 12.0. The molecule has 2 aliphatic carbocycles. The van der Waals surface area contributed by atoms with Gasteiger partial charge in [-0.05, 0) is 37.6 Å². The molecule has 2 fully saturated rings. The van der Waals surface area contributed by atoms with E-state index in [9.17, 15) is 4.79 Å². The van der Waals surface area contributed by atoms with Gasteiger partial charge >= 0.3 is 0 Å². The molecule has 2 saturated carbocycles. The van der Waals surface area contributed by atoms with Crippen LogP contribution >= 0.6 is 0 Å². The summed E-state index contributed by atoms with van der Waals surface area (Å²) in [6, 6.07) is 0. The van der Waals surface area contributed by atoms with E-state index in [0.29, 0.717) is 18.2 Å². The third-order valence-corrected chi connectivity index (χ3v) is 4.46. The highest BCUT2D eigenvalue weighted by Gasteiger charge is 2.36. The summed E-state index contributed by atoms with van der Waals surface area (Å²) >= 11 is 0. The van der Waals surface area contributed by atoms with Gasteiger partial charge in [0.1, 0.15) is 5.78 Å². The average molecular weight is 209 g/mol. The van der Waals surface area contributed by atoms with Crippen LogP contribution in [-0.4, -0.2) is 12.3 Å². The number of nitrogens with two attached hydrogens (primary N) is 1. The van der Waals surface area contributed by atoms with Crippen LogP contribution in [0.1, 0.15) is 57.8 Å². The van der Waals surface area contributed by atoms with Crippen LogP contribution in [0, 0.1) is 11.3 Å². The maximum Gasteiger partial charge on any atom is 0.136 e. The van der Waals surface area contributed by atoms with Crippen LogP contribution in [0.2, 0.25) is 0 Å². The summed E-state index contributed by atoms with van der Waals surface area (Å²) in [7, 11) is 0. The molecule has 86 valence electrons. The van der Waals surface area contributed by atoms with Crippen LogP contribution in [-0.2, 0) is 4.79 Å². The van der Waals surface area contributed by atoms with Crippen LogP contribution in [0.25, 0.3) is 0 Å². The van der Waals surface area contributed by atoms with Crippen molar-refractivity contribution in [2.45, 2.75) is 57.8 Å². The fraction of sp³-hybridized carbons (Fsp3) is 0.923. The molecule has 0 radical (unpaired) electrons. The largest absolute Gasteiger partial charge is 0.330 e. The second-order valence-electron chi connectivity index (χ2n) is 5.54. The molecule has 2 nitrogen and oxygen atoms in total. The number of carbonyl (C=O) groups excluding carboxylic acids is 1. The van der Waals surface area contributed by atoms with E-state index in [1.54, 1.807) is 0 Å². The molecular formula is C13H23NO. The van der Waals surface area contributed by atoms with E-state index in [4.69, 9.17) is 5.73 Å². The van der Waals surface area contributed by atoms with Crippen molar-refractivity contribution in [3.8, 4) is 0 Å². The SMILES string of the molecule is NCC1(CC(=O)C2CCC2)CCCCC1. The van der Waals surface area contributed by atoms with Crippen molar-refractivity contribution in [3.63, 3.8) is 0 Å². The second kappa shape index (κ2) is 4.65. The Labute approximate surface area is 92.6 Å². The van der Waals surface area contributed by atoms with Crippen molar-refractivity contribution >= 4 is 5.78 Å². The first-order chi connectivity index (χ1) is 7.26. The normalized spacial score (nSPS) is 25.9. The molecule has 2 heteroatoms. The Bertz CT molecular complexity index is 227. The molecule has 0 aliphatic heterocycles. The topological polar surface area (TPSA) is 43.1 Å². The third-order valence-electron chi connectivity index (χ3n) is 4.46. The van der Waals surface area contributed by atoms with Gasteiger partial charge in [0.15, 0.2) is 0 Å². The summed E-state index contributed by atoms with van der Waals surface area (Å²) in [5.74, 6) is 0.906. The maximum absolute atomic E-state index is 12.0. The van der Waals surface area contributed by atoms with Gasteiger partial charge in [-0.1, -0.05) is 25.7 Å². The zero-order chi connectivity index (χ0) is 10.7. The summed E-state index contributed by atoms with van der Waals surface area (Å²) in [5, 5.41) is 0. The van der Waals surface area contributed by atoms with Gasteiger partial charge in [0.25, 0.3) is 0 Å². The van der Waals surface area contributed by atoms with E-state index >= 15 is 0 Å². The molecule has 0 heterocycles. The average Bonchev–Trinajstić information content (AvgIpc) is 2.16. The molecule has 0 atom stereocenters. The Morgan fingerprint density at radius 3 is 2.27 bits per heavy atom. The van der Waals surface area contributed by atoms with Gasteiger partial charge in [-0.2, -0.15) is 0 Å². The minimum atomic E-state index is 0.185. The molecule has 0 spiro atoms. The lowest BCUT2D eigenvalue weighted by Gasteiger charge is -2.37. The van der Waals surface area contributed by atoms with Crippen molar-refractivity contribution in [2.75, 3.05) is 6.54 Å². The van der Waals surface area contributed by atoms with E-state index in [-0.39, 0.29) is 5.41 Å². The minimum absolute atomic E-state index is 0.185. The van der Waals surface area contributed by atoms with Crippen molar-refractivity contribution in [1.82, 2.24) is 0 Å². The zero-order valence-corrected chi connectivity index (χ0v) is 9.63. The van der Waals surface area contributed by atoms with E-state index < -0.39 is 0 Å². The predicted octanol–water partition coefficient (Wildman–Crippen LogP) is 2.65. The highest BCUT2D eigenvalue weighted by Crippen LogP contribution is 2.41. The van der Waals surface area contributed by atoms with Crippen molar-refractivity contribution in [3.05, 3.63) is 0 Å². The summed E-state index contributed by atoms with van der Waals surface area (Å²) < 4.78 is 0. The highest BCUT2D eigenvalue weighted by atomic mass is 16.1. The molecule has 0 bridgehead atoms. The molecule has 15 heavy (non-hydrogen) atoms. The lowest BCUT2D eigenvalue weighted by molar-refractivity contribution is -0.128. The predicted molar refractivity (Wildman–Crippen MR) is 61.5 cm³/mol. The van der Waals surface area contributed by atoms with Gasteiger partial charge in [-0.25, -0.2) is 0 Å². The van der Waals surface area contributed by atoms with Gasteiger partial charge < -0.3 is 5.73 Å². The lowest BCUT2D eigenvalue weighted by atomic mass is 9.68.